The highest BCUT2D eigenvalue weighted by atomic mass is 127. The zero-order valence-electron chi connectivity index (χ0n) is 19.7. The van der Waals surface area contributed by atoms with E-state index in [1.807, 2.05) is 19.1 Å². The monoisotopic (exact) mass is 672 g/mol. The summed E-state index contributed by atoms with van der Waals surface area (Å²) < 4.78 is 18.1. The first kappa shape index (κ1) is 27.9. The molecule has 1 atom stereocenters. The normalized spacial score (nSPS) is 14.9. The molecule has 0 spiro atoms. The van der Waals surface area contributed by atoms with E-state index in [0.717, 1.165) is 22.9 Å². The summed E-state index contributed by atoms with van der Waals surface area (Å²) >= 11 is 5.48. The number of carbonyl (C=O) groups excluding carboxylic acids is 3. The van der Waals surface area contributed by atoms with E-state index in [-0.39, 0.29) is 25.2 Å². The van der Waals surface area contributed by atoms with Gasteiger partial charge in [-0.2, -0.15) is 5.10 Å². The predicted molar refractivity (Wildman–Crippen MR) is 146 cm³/mol. The third kappa shape index (κ3) is 8.17. The first-order chi connectivity index (χ1) is 17.3. The number of aryl methyl sites for hydroxylation is 1. The fourth-order valence-corrected chi connectivity index (χ4v) is 4.35. The Labute approximate surface area is 230 Å². The van der Waals surface area contributed by atoms with E-state index in [0.29, 0.717) is 32.9 Å². The molecule has 0 unspecified atom stereocenters. The Kier molecular flexibility index (Phi) is 10.5. The number of hydrogen-bond donors (Lipinski definition) is 3. The molecule has 1 fully saturated rings. The minimum absolute atomic E-state index is 0.0587. The van der Waals surface area contributed by atoms with Crippen LogP contribution in [0.1, 0.15) is 24.0 Å². The van der Waals surface area contributed by atoms with Crippen molar-refractivity contribution in [3.63, 3.8) is 0 Å². The lowest BCUT2D eigenvalue weighted by Crippen LogP contribution is -2.41. The van der Waals surface area contributed by atoms with Gasteiger partial charge in [0, 0.05) is 23.3 Å². The van der Waals surface area contributed by atoms with Crippen LogP contribution in [-0.2, 0) is 19.1 Å². The zero-order chi connectivity index (χ0) is 26.1. The largest absolute Gasteiger partial charge is 0.493 e. The van der Waals surface area contributed by atoms with Crippen molar-refractivity contribution in [2.75, 3.05) is 32.2 Å². The summed E-state index contributed by atoms with van der Waals surface area (Å²) in [5.41, 5.74) is 4.46. The van der Waals surface area contributed by atoms with Gasteiger partial charge in [-0.15, -0.1) is 0 Å². The number of hydrazone groups is 1. The average molecular weight is 673 g/mol. The summed E-state index contributed by atoms with van der Waals surface area (Å²) in [5, 5.41) is 9.16. The first-order valence-corrected chi connectivity index (χ1v) is 12.9. The zero-order valence-corrected chi connectivity index (χ0v) is 23.5. The van der Waals surface area contributed by atoms with E-state index >= 15 is 0 Å². The number of methoxy groups -OCH3 is 1. The van der Waals surface area contributed by atoms with E-state index < -0.39 is 11.8 Å². The van der Waals surface area contributed by atoms with Crippen molar-refractivity contribution in [3.05, 3.63) is 49.5 Å². The molecule has 3 rings (SSSR count). The van der Waals surface area contributed by atoms with Gasteiger partial charge in [-0.05, 0) is 83.8 Å². The van der Waals surface area contributed by atoms with Crippen LogP contribution in [0, 0.1) is 10.5 Å². The molecule has 2 aromatic rings. The van der Waals surface area contributed by atoms with Gasteiger partial charge < -0.3 is 24.8 Å². The van der Waals surface area contributed by atoms with E-state index in [9.17, 15) is 14.4 Å². The van der Waals surface area contributed by atoms with Gasteiger partial charge in [-0.1, -0.05) is 15.9 Å². The fourth-order valence-electron chi connectivity index (χ4n) is 3.32. The molecular formula is C24H26BrIN4O6. The molecular weight excluding hydrogens is 647 g/mol. The van der Waals surface area contributed by atoms with Crippen LogP contribution in [0.2, 0.25) is 0 Å². The Morgan fingerprint density at radius 1 is 1.25 bits per heavy atom. The molecule has 10 nitrogen and oxygen atoms in total. The molecule has 1 aliphatic heterocycles. The van der Waals surface area contributed by atoms with Gasteiger partial charge in [0.2, 0.25) is 0 Å². The Morgan fingerprint density at radius 2 is 2.06 bits per heavy atom. The number of carbonyl (C=O) groups is 3. The smallest absolute Gasteiger partial charge is 0.329 e. The van der Waals surface area contributed by atoms with Crippen LogP contribution in [-0.4, -0.2) is 56.9 Å². The lowest BCUT2D eigenvalue weighted by atomic mass is 10.2. The van der Waals surface area contributed by atoms with Crippen molar-refractivity contribution >= 4 is 68.1 Å². The minimum Gasteiger partial charge on any atom is -0.493 e. The fraction of sp³-hybridized carbons (Fsp3) is 0.333. The van der Waals surface area contributed by atoms with Crippen molar-refractivity contribution in [1.29, 1.82) is 0 Å². The second-order valence-electron chi connectivity index (χ2n) is 7.88. The van der Waals surface area contributed by atoms with Gasteiger partial charge in [0.25, 0.3) is 5.91 Å². The molecule has 0 saturated carbocycles. The number of nitrogens with zero attached hydrogens (tertiary/aromatic N) is 1. The Balaban J connectivity index is 1.53. The van der Waals surface area contributed by atoms with Crippen molar-refractivity contribution in [2.24, 2.45) is 5.10 Å². The van der Waals surface area contributed by atoms with Crippen molar-refractivity contribution in [1.82, 2.24) is 10.7 Å². The van der Waals surface area contributed by atoms with Crippen LogP contribution in [0.5, 0.6) is 11.5 Å². The number of rotatable bonds is 9. The molecule has 12 heteroatoms. The van der Waals surface area contributed by atoms with Crippen LogP contribution in [0.15, 0.2) is 39.9 Å². The molecule has 3 amide bonds. The molecule has 0 aromatic heterocycles. The average Bonchev–Trinajstić information content (AvgIpc) is 3.37. The van der Waals surface area contributed by atoms with Gasteiger partial charge in [0.15, 0.2) is 18.1 Å². The van der Waals surface area contributed by atoms with Crippen LogP contribution < -0.4 is 25.5 Å². The quantitative estimate of drug-likeness (QED) is 0.163. The topological polar surface area (TPSA) is 127 Å². The summed E-state index contributed by atoms with van der Waals surface area (Å²) in [5.74, 6) is -1.19. The maximum Gasteiger partial charge on any atom is 0.329 e. The summed E-state index contributed by atoms with van der Waals surface area (Å²) in [6.45, 7) is 2.67. The molecule has 0 aliphatic carbocycles. The Morgan fingerprint density at radius 3 is 2.75 bits per heavy atom. The van der Waals surface area contributed by atoms with Crippen LogP contribution in [0.3, 0.4) is 0 Å². The maximum atomic E-state index is 12.3. The standard InChI is InChI=1S/C24H26BrIN4O6/c1-14-8-16(5-6-18(14)25)29-21(31)13-36-22-19(26)9-15(10-20(22)34-2)11-28-30-24(33)23(32)27-12-17-4-3-7-35-17/h5-6,8-11,17H,3-4,7,12-13H2,1-2H3,(H,27,32)(H,29,31)(H,30,33)/b28-11-/t17-/m1/s1. The molecule has 2 aromatic carbocycles. The SMILES string of the molecule is COc1cc(/C=N\NC(=O)C(=O)NC[C@H]2CCCO2)cc(I)c1OCC(=O)Nc1ccc(Br)c(C)c1. The van der Waals surface area contributed by atoms with Crippen molar-refractivity contribution < 1.29 is 28.6 Å². The highest BCUT2D eigenvalue weighted by molar-refractivity contribution is 14.1. The predicted octanol–water partition coefficient (Wildman–Crippen LogP) is 3.13. The summed E-state index contributed by atoms with van der Waals surface area (Å²) in [4.78, 5) is 36.2. The number of nitrogens with one attached hydrogen (secondary N) is 3. The third-order valence-electron chi connectivity index (χ3n) is 5.14. The lowest BCUT2D eigenvalue weighted by molar-refractivity contribution is -0.139. The molecule has 36 heavy (non-hydrogen) atoms. The second kappa shape index (κ2) is 13.6. The first-order valence-electron chi connectivity index (χ1n) is 11.1. The lowest BCUT2D eigenvalue weighted by Gasteiger charge is -2.14. The van der Waals surface area contributed by atoms with Gasteiger partial charge in [0.1, 0.15) is 0 Å². The number of amides is 3. The van der Waals surface area contributed by atoms with Crippen LogP contribution in [0.25, 0.3) is 0 Å². The second-order valence-corrected chi connectivity index (χ2v) is 9.90. The van der Waals surface area contributed by atoms with Gasteiger partial charge in [-0.25, -0.2) is 5.43 Å². The van der Waals surface area contributed by atoms with E-state index in [4.69, 9.17) is 14.2 Å². The molecule has 192 valence electrons. The number of anilines is 1. The van der Waals surface area contributed by atoms with E-state index in [1.165, 1.54) is 13.3 Å². The van der Waals surface area contributed by atoms with Crippen molar-refractivity contribution in [2.45, 2.75) is 25.9 Å². The third-order valence-corrected chi connectivity index (χ3v) is 6.83. The number of benzene rings is 2. The molecule has 1 heterocycles. The summed E-state index contributed by atoms with van der Waals surface area (Å²) in [6, 6.07) is 8.88. The Bertz CT molecular complexity index is 1150. The van der Waals surface area contributed by atoms with Gasteiger partial charge in [0.05, 0.1) is 23.0 Å². The van der Waals surface area contributed by atoms with Crippen molar-refractivity contribution in [3.8, 4) is 11.5 Å². The maximum absolute atomic E-state index is 12.3. The molecule has 3 N–H and O–H groups in total. The summed E-state index contributed by atoms with van der Waals surface area (Å²) in [7, 11) is 1.48. The van der Waals surface area contributed by atoms with Gasteiger partial charge in [-0.3, -0.25) is 14.4 Å². The van der Waals surface area contributed by atoms with E-state index in [1.54, 1.807) is 18.2 Å². The molecule has 1 saturated heterocycles. The Hall–Kier alpha value is -2.71. The molecule has 1 aliphatic rings. The number of ether oxygens (including phenoxy) is 3. The summed E-state index contributed by atoms with van der Waals surface area (Å²) in [6.07, 6.45) is 3.12. The number of halogens is 2. The molecule has 0 bridgehead atoms. The number of hydrogen-bond acceptors (Lipinski definition) is 7. The minimum atomic E-state index is -0.877. The highest BCUT2D eigenvalue weighted by Crippen LogP contribution is 2.33. The molecule has 0 radical (unpaired) electrons. The van der Waals surface area contributed by atoms with Gasteiger partial charge >= 0.3 is 11.8 Å². The van der Waals surface area contributed by atoms with Crippen LogP contribution in [0.4, 0.5) is 5.69 Å². The van der Waals surface area contributed by atoms with Crippen LogP contribution >= 0.6 is 38.5 Å². The van der Waals surface area contributed by atoms with E-state index in [2.05, 4.69) is 59.7 Å². The highest BCUT2D eigenvalue weighted by Gasteiger charge is 2.19.